The van der Waals surface area contributed by atoms with Gasteiger partial charge in [-0.15, -0.1) is 0 Å². The molecule has 0 aliphatic rings. The zero-order valence-corrected chi connectivity index (χ0v) is 12.1. The molecule has 4 heteroatoms. The summed E-state index contributed by atoms with van der Waals surface area (Å²) < 4.78 is 10.5. The highest BCUT2D eigenvalue weighted by atomic mass is 16.5. The van der Waals surface area contributed by atoms with Gasteiger partial charge >= 0.3 is 0 Å². The summed E-state index contributed by atoms with van der Waals surface area (Å²) in [6, 6.07) is 5.65. The van der Waals surface area contributed by atoms with Crippen molar-refractivity contribution in [3.8, 4) is 11.5 Å². The average Bonchev–Trinajstić information content (AvgIpc) is 2.46. The number of benzene rings is 1. The molecule has 1 aromatic carbocycles. The third-order valence-electron chi connectivity index (χ3n) is 2.87. The van der Waals surface area contributed by atoms with Crippen LogP contribution in [-0.2, 0) is 0 Å². The zero-order chi connectivity index (χ0) is 13.9. The highest BCUT2D eigenvalue weighted by Crippen LogP contribution is 2.22. The van der Waals surface area contributed by atoms with Gasteiger partial charge in [0.2, 0.25) is 0 Å². The van der Waals surface area contributed by atoms with Crippen LogP contribution in [0.25, 0.3) is 0 Å². The van der Waals surface area contributed by atoms with Gasteiger partial charge in [0, 0.05) is 12.1 Å². The summed E-state index contributed by atoms with van der Waals surface area (Å²) in [5.41, 5.74) is 3.96. The van der Waals surface area contributed by atoms with Crippen molar-refractivity contribution in [3.05, 3.63) is 23.8 Å². The number of hydrogen-bond acceptors (Lipinski definition) is 4. The summed E-state index contributed by atoms with van der Waals surface area (Å²) in [7, 11) is 3.30. The van der Waals surface area contributed by atoms with Gasteiger partial charge in [-0.25, -0.2) is 0 Å². The average molecular weight is 264 g/mol. The number of hydrogen-bond donors (Lipinski definition) is 1. The quantitative estimate of drug-likeness (QED) is 0.423. The minimum Gasteiger partial charge on any atom is -0.497 e. The first-order chi connectivity index (χ1) is 9.31. The number of unbranched alkanes of at least 4 members (excludes halogenated alkanes) is 3. The molecule has 1 rings (SSSR count). The van der Waals surface area contributed by atoms with Crippen molar-refractivity contribution in [2.75, 3.05) is 20.8 Å². The van der Waals surface area contributed by atoms with E-state index in [4.69, 9.17) is 9.47 Å². The maximum Gasteiger partial charge on any atom is 0.127 e. The lowest BCUT2D eigenvalue weighted by atomic mass is 10.2. The molecule has 0 saturated carbocycles. The first-order valence-corrected chi connectivity index (χ1v) is 6.79. The molecule has 0 spiro atoms. The Morgan fingerprint density at radius 1 is 1.16 bits per heavy atom. The molecular formula is C15H24N2O2. The molecule has 19 heavy (non-hydrogen) atoms. The Morgan fingerprint density at radius 3 is 2.68 bits per heavy atom. The van der Waals surface area contributed by atoms with Crippen LogP contribution < -0.4 is 14.9 Å². The third kappa shape index (κ3) is 5.64. The standard InChI is InChI=1S/C15H24N2O2/c1-4-5-6-7-10-16-17-12-13-11-14(18-2)8-9-15(13)19-3/h8-9,11-12,16H,4-7,10H2,1-3H3/b17-12+. The topological polar surface area (TPSA) is 42.9 Å². The molecule has 0 heterocycles. The Bertz CT molecular complexity index is 392. The molecule has 0 amide bonds. The summed E-state index contributed by atoms with van der Waals surface area (Å²) >= 11 is 0. The second-order valence-corrected chi connectivity index (χ2v) is 4.33. The molecule has 0 fully saturated rings. The van der Waals surface area contributed by atoms with Crippen molar-refractivity contribution in [2.45, 2.75) is 32.6 Å². The van der Waals surface area contributed by atoms with Gasteiger partial charge in [-0.2, -0.15) is 5.10 Å². The van der Waals surface area contributed by atoms with Gasteiger partial charge in [-0.1, -0.05) is 26.2 Å². The van der Waals surface area contributed by atoms with Crippen LogP contribution in [0.4, 0.5) is 0 Å². The third-order valence-corrected chi connectivity index (χ3v) is 2.87. The normalized spacial score (nSPS) is 10.7. The van der Waals surface area contributed by atoms with Gasteiger partial charge in [0.15, 0.2) is 0 Å². The van der Waals surface area contributed by atoms with Crippen LogP contribution in [0, 0.1) is 0 Å². The van der Waals surface area contributed by atoms with Crippen LogP contribution in [0.2, 0.25) is 0 Å². The van der Waals surface area contributed by atoms with E-state index >= 15 is 0 Å². The molecule has 4 nitrogen and oxygen atoms in total. The highest BCUT2D eigenvalue weighted by Gasteiger charge is 2.02. The molecule has 0 radical (unpaired) electrons. The summed E-state index contributed by atoms with van der Waals surface area (Å²) in [5, 5.41) is 4.21. The monoisotopic (exact) mass is 264 g/mol. The van der Waals surface area contributed by atoms with E-state index < -0.39 is 0 Å². The summed E-state index contributed by atoms with van der Waals surface area (Å²) in [5.74, 6) is 1.59. The summed E-state index contributed by atoms with van der Waals surface area (Å²) in [6.07, 6.45) is 6.71. The molecule has 1 N–H and O–H groups in total. The molecule has 0 aromatic heterocycles. The second-order valence-electron chi connectivity index (χ2n) is 4.33. The lowest BCUT2D eigenvalue weighted by Gasteiger charge is -2.07. The zero-order valence-electron chi connectivity index (χ0n) is 12.1. The van der Waals surface area contributed by atoms with Crippen LogP contribution in [0.3, 0.4) is 0 Å². The first kappa shape index (κ1) is 15.3. The molecule has 0 atom stereocenters. The van der Waals surface area contributed by atoms with Crippen LogP contribution >= 0.6 is 0 Å². The van der Waals surface area contributed by atoms with Gasteiger partial charge in [0.25, 0.3) is 0 Å². The van der Waals surface area contributed by atoms with Gasteiger partial charge in [-0.3, -0.25) is 0 Å². The van der Waals surface area contributed by atoms with E-state index in [1.165, 1.54) is 19.3 Å². The number of nitrogens with one attached hydrogen (secondary N) is 1. The maximum absolute atomic E-state index is 5.28. The van der Waals surface area contributed by atoms with Crippen molar-refractivity contribution in [1.29, 1.82) is 0 Å². The molecule has 1 aromatic rings. The smallest absolute Gasteiger partial charge is 0.127 e. The molecule has 0 saturated heterocycles. The highest BCUT2D eigenvalue weighted by molar-refractivity contribution is 5.84. The van der Waals surface area contributed by atoms with E-state index in [-0.39, 0.29) is 0 Å². The number of rotatable bonds is 9. The largest absolute Gasteiger partial charge is 0.497 e. The van der Waals surface area contributed by atoms with Crippen LogP contribution in [0.1, 0.15) is 38.2 Å². The van der Waals surface area contributed by atoms with Crippen molar-refractivity contribution in [1.82, 2.24) is 5.43 Å². The molecule has 0 aliphatic carbocycles. The van der Waals surface area contributed by atoms with Crippen molar-refractivity contribution in [3.63, 3.8) is 0 Å². The minimum absolute atomic E-state index is 0.789. The second kappa shape index (κ2) is 9.25. The van der Waals surface area contributed by atoms with E-state index in [9.17, 15) is 0 Å². The maximum atomic E-state index is 5.28. The molecule has 0 aliphatic heterocycles. The van der Waals surface area contributed by atoms with Gasteiger partial charge < -0.3 is 14.9 Å². The van der Waals surface area contributed by atoms with E-state index in [1.807, 2.05) is 18.2 Å². The first-order valence-electron chi connectivity index (χ1n) is 6.79. The fraction of sp³-hybridized carbons (Fsp3) is 0.533. The van der Waals surface area contributed by atoms with Crippen molar-refractivity contribution in [2.24, 2.45) is 5.10 Å². The Hall–Kier alpha value is -1.71. The van der Waals surface area contributed by atoms with Gasteiger partial charge in [0.1, 0.15) is 11.5 Å². The SMILES string of the molecule is CCCCCCN/N=C/c1cc(OC)ccc1OC. The molecular weight excluding hydrogens is 240 g/mol. The Balaban J connectivity index is 2.46. The summed E-state index contributed by atoms with van der Waals surface area (Å²) in [4.78, 5) is 0. The fourth-order valence-electron chi connectivity index (χ4n) is 1.75. The molecule has 0 bridgehead atoms. The Morgan fingerprint density at radius 2 is 2.00 bits per heavy atom. The van der Waals surface area contributed by atoms with Crippen molar-refractivity contribution >= 4 is 6.21 Å². The molecule has 106 valence electrons. The van der Waals surface area contributed by atoms with Crippen LogP contribution in [0.15, 0.2) is 23.3 Å². The van der Waals surface area contributed by atoms with Crippen molar-refractivity contribution < 1.29 is 9.47 Å². The predicted molar refractivity (Wildman–Crippen MR) is 79.3 cm³/mol. The van der Waals surface area contributed by atoms with E-state index in [0.717, 1.165) is 30.0 Å². The number of methoxy groups -OCH3 is 2. The van der Waals surface area contributed by atoms with E-state index in [0.29, 0.717) is 0 Å². The number of hydrazone groups is 1. The lowest BCUT2D eigenvalue weighted by molar-refractivity contribution is 0.402. The van der Waals surface area contributed by atoms with Gasteiger partial charge in [-0.05, 0) is 24.6 Å². The molecule has 0 unspecified atom stereocenters. The predicted octanol–water partition coefficient (Wildman–Crippen LogP) is 3.21. The Labute approximate surface area is 115 Å². The summed E-state index contributed by atoms with van der Waals surface area (Å²) in [6.45, 7) is 3.11. The number of nitrogens with zero attached hydrogens (tertiary/aromatic N) is 1. The minimum atomic E-state index is 0.789. The van der Waals surface area contributed by atoms with Crippen LogP contribution in [0.5, 0.6) is 11.5 Å². The Kier molecular flexibility index (Phi) is 7.47. The lowest BCUT2D eigenvalue weighted by Crippen LogP contribution is -2.07. The fourth-order valence-corrected chi connectivity index (χ4v) is 1.75. The number of ether oxygens (including phenoxy) is 2. The van der Waals surface area contributed by atoms with E-state index in [1.54, 1.807) is 20.4 Å². The van der Waals surface area contributed by atoms with E-state index in [2.05, 4.69) is 17.5 Å². The van der Waals surface area contributed by atoms with Crippen LogP contribution in [-0.4, -0.2) is 27.0 Å². The van der Waals surface area contributed by atoms with Gasteiger partial charge in [0.05, 0.1) is 20.4 Å².